The summed E-state index contributed by atoms with van der Waals surface area (Å²) in [5.41, 5.74) is 2.51. The lowest BCUT2D eigenvalue weighted by Crippen LogP contribution is -2.33. The smallest absolute Gasteiger partial charge is 0.255 e. The quantitative estimate of drug-likeness (QED) is 0.695. The fraction of sp³-hybridized carbons (Fsp3) is 0.263. The fourth-order valence-electron chi connectivity index (χ4n) is 2.77. The van der Waals surface area contributed by atoms with E-state index in [-0.39, 0.29) is 18.4 Å². The first-order valence-electron chi connectivity index (χ1n) is 8.58. The minimum atomic E-state index is -0.370. The molecule has 0 aliphatic rings. The zero-order valence-corrected chi connectivity index (χ0v) is 15.4. The van der Waals surface area contributed by atoms with E-state index >= 15 is 0 Å². The van der Waals surface area contributed by atoms with Crippen molar-refractivity contribution in [2.75, 3.05) is 18.5 Å². The van der Waals surface area contributed by atoms with E-state index in [1.165, 1.54) is 0 Å². The van der Waals surface area contributed by atoms with Crippen LogP contribution in [0.3, 0.4) is 0 Å². The van der Waals surface area contributed by atoms with Gasteiger partial charge in [0.2, 0.25) is 5.91 Å². The summed E-state index contributed by atoms with van der Waals surface area (Å²) in [5.74, 6) is -0.231. The molecule has 0 saturated heterocycles. The van der Waals surface area contributed by atoms with Crippen LogP contribution >= 0.6 is 0 Å². The molecule has 0 aliphatic carbocycles. The van der Waals surface area contributed by atoms with Gasteiger partial charge in [-0.2, -0.15) is 5.10 Å². The molecule has 2 heterocycles. The first-order chi connectivity index (χ1) is 13.0. The largest absolute Gasteiger partial charge is 0.493 e. The van der Waals surface area contributed by atoms with E-state index in [1.54, 1.807) is 35.1 Å². The maximum Gasteiger partial charge on any atom is 0.255 e. The third-order valence-corrected chi connectivity index (χ3v) is 3.99. The summed E-state index contributed by atoms with van der Waals surface area (Å²) in [6, 6.07) is 8.72. The molecule has 140 valence electrons. The minimum Gasteiger partial charge on any atom is -0.493 e. The molecule has 0 radical (unpaired) electrons. The Balaban J connectivity index is 1.63. The number of benzene rings is 1. The lowest BCUT2D eigenvalue weighted by atomic mass is 10.2. The number of aromatic nitrogens is 3. The number of nitrogens with zero attached hydrogens (tertiary/aromatic N) is 3. The predicted octanol–water partition coefficient (Wildman–Crippen LogP) is 2.04. The van der Waals surface area contributed by atoms with Crippen LogP contribution in [0.4, 0.5) is 5.69 Å². The number of carbonyl (C=O) groups is 2. The molecule has 0 spiro atoms. The SMILES string of the molecule is CCOc1ccccc1C(=O)NCC(=O)Nc1cnc2c(c1)c(C)nn2C. The van der Waals surface area contributed by atoms with Crippen LogP contribution in [0.5, 0.6) is 5.75 Å². The number of pyridine rings is 1. The van der Waals surface area contributed by atoms with Crippen molar-refractivity contribution < 1.29 is 14.3 Å². The van der Waals surface area contributed by atoms with E-state index in [0.29, 0.717) is 23.6 Å². The second-order valence-electron chi connectivity index (χ2n) is 5.96. The van der Waals surface area contributed by atoms with Crippen LogP contribution < -0.4 is 15.4 Å². The number of para-hydroxylation sites is 1. The molecule has 0 aliphatic heterocycles. The molecule has 3 aromatic rings. The summed E-state index contributed by atoms with van der Waals surface area (Å²) < 4.78 is 7.12. The Kier molecular flexibility index (Phi) is 5.35. The van der Waals surface area contributed by atoms with Crippen LogP contribution in [0, 0.1) is 6.92 Å². The van der Waals surface area contributed by atoms with Crippen LogP contribution in [0.25, 0.3) is 11.0 Å². The first-order valence-corrected chi connectivity index (χ1v) is 8.58. The lowest BCUT2D eigenvalue weighted by molar-refractivity contribution is -0.115. The Morgan fingerprint density at radius 3 is 2.81 bits per heavy atom. The number of hydrogen-bond acceptors (Lipinski definition) is 5. The average molecular weight is 367 g/mol. The highest BCUT2D eigenvalue weighted by Crippen LogP contribution is 2.19. The molecule has 0 saturated carbocycles. The van der Waals surface area contributed by atoms with Gasteiger partial charge in [-0.25, -0.2) is 4.98 Å². The number of aryl methyl sites for hydroxylation is 2. The average Bonchev–Trinajstić information content (AvgIpc) is 2.94. The number of amides is 2. The molecule has 0 atom stereocenters. The van der Waals surface area contributed by atoms with Crippen molar-refractivity contribution in [1.82, 2.24) is 20.1 Å². The van der Waals surface area contributed by atoms with Crippen LogP contribution in [-0.2, 0) is 11.8 Å². The Labute approximate surface area is 156 Å². The fourth-order valence-corrected chi connectivity index (χ4v) is 2.77. The molecule has 2 aromatic heterocycles. The topological polar surface area (TPSA) is 98.1 Å². The van der Waals surface area contributed by atoms with Gasteiger partial charge in [-0.15, -0.1) is 0 Å². The van der Waals surface area contributed by atoms with Crippen molar-refractivity contribution in [3.05, 3.63) is 47.8 Å². The standard InChI is InChI=1S/C19H21N5O3/c1-4-27-16-8-6-5-7-14(16)19(26)21-11-17(25)22-13-9-15-12(2)23-24(3)18(15)20-10-13/h5-10H,4,11H2,1-3H3,(H,21,26)(H,22,25). The Morgan fingerprint density at radius 2 is 2.04 bits per heavy atom. The van der Waals surface area contributed by atoms with Gasteiger partial charge in [0.05, 0.1) is 36.3 Å². The molecule has 2 amide bonds. The molecule has 27 heavy (non-hydrogen) atoms. The van der Waals surface area contributed by atoms with Gasteiger partial charge in [-0.1, -0.05) is 12.1 Å². The van der Waals surface area contributed by atoms with Gasteiger partial charge in [-0.3, -0.25) is 14.3 Å². The number of hydrogen-bond donors (Lipinski definition) is 2. The number of nitrogens with one attached hydrogen (secondary N) is 2. The highest BCUT2D eigenvalue weighted by atomic mass is 16.5. The van der Waals surface area contributed by atoms with Gasteiger partial charge in [0.25, 0.3) is 5.91 Å². The van der Waals surface area contributed by atoms with E-state index in [0.717, 1.165) is 16.7 Å². The Bertz CT molecular complexity index is 996. The number of anilines is 1. The number of ether oxygens (including phenoxy) is 1. The second-order valence-corrected chi connectivity index (χ2v) is 5.96. The van der Waals surface area contributed by atoms with E-state index in [2.05, 4.69) is 20.7 Å². The van der Waals surface area contributed by atoms with Crippen molar-refractivity contribution in [2.24, 2.45) is 7.05 Å². The van der Waals surface area contributed by atoms with Gasteiger partial charge < -0.3 is 15.4 Å². The molecule has 3 rings (SSSR count). The lowest BCUT2D eigenvalue weighted by Gasteiger charge is -2.10. The highest BCUT2D eigenvalue weighted by molar-refractivity contribution is 6.01. The molecule has 8 nitrogen and oxygen atoms in total. The number of rotatable bonds is 6. The summed E-state index contributed by atoms with van der Waals surface area (Å²) in [6.45, 7) is 4.01. The maximum atomic E-state index is 12.3. The van der Waals surface area contributed by atoms with Crippen LogP contribution in [0.2, 0.25) is 0 Å². The summed E-state index contributed by atoms with van der Waals surface area (Å²) in [7, 11) is 1.82. The van der Waals surface area contributed by atoms with Gasteiger partial charge in [-0.05, 0) is 32.0 Å². The normalized spacial score (nSPS) is 10.6. The molecule has 8 heteroatoms. The van der Waals surface area contributed by atoms with Crippen molar-refractivity contribution >= 4 is 28.5 Å². The molecule has 0 unspecified atom stereocenters. The minimum absolute atomic E-state index is 0.163. The number of carbonyl (C=O) groups excluding carboxylic acids is 2. The van der Waals surface area contributed by atoms with Crippen molar-refractivity contribution in [3.8, 4) is 5.75 Å². The van der Waals surface area contributed by atoms with Gasteiger partial charge in [0.1, 0.15) is 5.75 Å². The predicted molar refractivity (Wildman–Crippen MR) is 102 cm³/mol. The zero-order chi connectivity index (χ0) is 19.4. The van der Waals surface area contributed by atoms with E-state index in [1.807, 2.05) is 27.0 Å². The van der Waals surface area contributed by atoms with E-state index in [4.69, 9.17) is 4.74 Å². The number of fused-ring (bicyclic) bond motifs is 1. The second kappa shape index (κ2) is 7.86. The third kappa shape index (κ3) is 4.05. The van der Waals surface area contributed by atoms with Crippen molar-refractivity contribution in [2.45, 2.75) is 13.8 Å². The molecular formula is C19H21N5O3. The van der Waals surface area contributed by atoms with Crippen LogP contribution in [0.1, 0.15) is 23.0 Å². The van der Waals surface area contributed by atoms with Gasteiger partial charge in [0, 0.05) is 12.4 Å². The van der Waals surface area contributed by atoms with Gasteiger partial charge >= 0.3 is 0 Å². The summed E-state index contributed by atoms with van der Waals surface area (Å²) >= 11 is 0. The first kappa shape index (κ1) is 18.4. The van der Waals surface area contributed by atoms with Crippen LogP contribution in [0.15, 0.2) is 36.5 Å². The monoisotopic (exact) mass is 367 g/mol. The van der Waals surface area contributed by atoms with Crippen molar-refractivity contribution in [3.63, 3.8) is 0 Å². The summed E-state index contributed by atoms with van der Waals surface area (Å²) in [6.07, 6.45) is 1.56. The molecule has 1 aromatic carbocycles. The molecule has 2 N–H and O–H groups in total. The molecular weight excluding hydrogens is 346 g/mol. The zero-order valence-electron chi connectivity index (χ0n) is 15.4. The molecule has 0 fully saturated rings. The molecule has 0 bridgehead atoms. The van der Waals surface area contributed by atoms with Crippen LogP contribution in [-0.4, -0.2) is 39.7 Å². The Hall–Kier alpha value is -3.42. The van der Waals surface area contributed by atoms with E-state index in [9.17, 15) is 9.59 Å². The summed E-state index contributed by atoms with van der Waals surface area (Å²) in [4.78, 5) is 28.8. The van der Waals surface area contributed by atoms with E-state index < -0.39 is 0 Å². The third-order valence-electron chi connectivity index (χ3n) is 3.99. The highest BCUT2D eigenvalue weighted by Gasteiger charge is 2.14. The Morgan fingerprint density at radius 1 is 1.26 bits per heavy atom. The maximum absolute atomic E-state index is 12.3. The van der Waals surface area contributed by atoms with Crippen molar-refractivity contribution in [1.29, 1.82) is 0 Å². The summed E-state index contributed by atoms with van der Waals surface area (Å²) in [5, 5.41) is 10.5. The van der Waals surface area contributed by atoms with Gasteiger partial charge in [0.15, 0.2) is 5.65 Å².